The van der Waals surface area contributed by atoms with E-state index in [4.69, 9.17) is 5.11 Å². The number of hydrogen-bond donors (Lipinski definition) is 1. The summed E-state index contributed by atoms with van der Waals surface area (Å²) < 4.78 is 11.5. The highest BCUT2D eigenvalue weighted by atomic mass is 32.1. The molecule has 18 heavy (non-hydrogen) atoms. The van der Waals surface area contributed by atoms with Gasteiger partial charge in [-0.1, -0.05) is 0 Å². The summed E-state index contributed by atoms with van der Waals surface area (Å²) >= 11 is 1.89. The number of carbonyl (C=O) groups excluding carboxylic acids is 1. The van der Waals surface area contributed by atoms with Gasteiger partial charge >= 0.3 is 5.97 Å². The molecule has 0 aromatic carbocycles. The molecule has 0 atom stereocenters. The number of carboxylic acids is 1. The van der Waals surface area contributed by atoms with Crippen molar-refractivity contribution >= 4 is 40.1 Å². The van der Waals surface area contributed by atoms with E-state index in [9.17, 15) is 9.59 Å². The van der Waals surface area contributed by atoms with Crippen molar-refractivity contribution in [3.05, 3.63) is 23.1 Å². The number of carboxylic acid groups (broad SMARTS) is 1. The van der Waals surface area contributed by atoms with Crippen LogP contribution in [0.3, 0.4) is 0 Å². The molecule has 2 heterocycles. The van der Waals surface area contributed by atoms with E-state index < -0.39 is 11.9 Å². The zero-order chi connectivity index (χ0) is 13.3. The monoisotopic (exact) mass is 284 g/mol. The molecule has 94 valence electrons. The SMILES string of the molecule is Cc1nsc(N(C)C(=O)c2cnsn2)c1C(=O)O. The number of amides is 1. The molecule has 0 saturated carbocycles. The summed E-state index contributed by atoms with van der Waals surface area (Å²) in [5.41, 5.74) is 0.613. The van der Waals surface area contributed by atoms with Crippen molar-refractivity contribution in [3.8, 4) is 0 Å². The fraction of sp³-hybridized carbons (Fsp3) is 0.222. The number of anilines is 1. The molecular formula is C9H8N4O3S2. The normalized spacial score (nSPS) is 10.3. The minimum absolute atomic E-state index is 0.0408. The summed E-state index contributed by atoms with van der Waals surface area (Å²) in [6, 6.07) is 0. The Hall–Kier alpha value is -1.87. The maximum atomic E-state index is 12.0. The third-order valence-corrected chi connectivity index (χ3v) is 3.74. The van der Waals surface area contributed by atoms with Crippen molar-refractivity contribution in [1.29, 1.82) is 0 Å². The average Bonchev–Trinajstić information content (AvgIpc) is 2.95. The van der Waals surface area contributed by atoms with Gasteiger partial charge in [-0.15, -0.1) is 0 Å². The first-order valence-corrected chi connectivity index (χ1v) is 6.28. The summed E-state index contributed by atoms with van der Waals surface area (Å²) in [7, 11) is 1.49. The molecule has 0 saturated heterocycles. The molecular weight excluding hydrogens is 276 g/mol. The van der Waals surface area contributed by atoms with Gasteiger partial charge in [-0.25, -0.2) is 4.79 Å². The van der Waals surface area contributed by atoms with Crippen LogP contribution in [0.5, 0.6) is 0 Å². The number of rotatable bonds is 3. The predicted octanol–water partition coefficient (Wildman–Crippen LogP) is 1.28. The van der Waals surface area contributed by atoms with E-state index in [1.807, 2.05) is 0 Å². The first-order chi connectivity index (χ1) is 8.52. The zero-order valence-corrected chi connectivity index (χ0v) is 11.1. The fourth-order valence-electron chi connectivity index (χ4n) is 1.36. The Morgan fingerprint density at radius 3 is 2.67 bits per heavy atom. The van der Waals surface area contributed by atoms with Gasteiger partial charge in [-0.3, -0.25) is 9.69 Å². The molecule has 0 aliphatic carbocycles. The van der Waals surface area contributed by atoms with Crippen molar-refractivity contribution in [1.82, 2.24) is 13.1 Å². The predicted molar refractivity (Wildman–Crippen MR) is 66.5 cm³/mol. The van der Waals surface area contributed by atoms with Crippen LogP contribution in [0, 0.1) is 6.92 Å². The van der Waals surface area contributed by atoms with Gasteiger partial charge in [0.2, 0.25) is 0 Å². The van der Waals surface area contributed by atoms with Gasteiger partial charge in [0.1, 0.15) is 10.6 Å². The number of aromatic nitrogens is 3. The van der Waals surface area contributed by atoms with Gasteiger partial charge in [0.15, 0.2) is 5.69 Å². The van der Waals surface area contributed by atoms with Crippen LogP contribution in [-0.2, 0) is 0 Å². The molecule has 0 radical (unpaired) electrons. The van der Waals surface area contributed by atoms with Crippen molar-refractivity contribution in [2.24, 2.45) is 0 Å². The number of nitrogens with zero attached hydrogens (tertiary/aromatic N) is 4. The van der Waals surface area contributed by atoms with Gasteiger partial charge in [0.25, 0.3) is 5.91 Å². The highest BCUT2D eigenvalue weighted by Gasteiger charge is 2.25. The number of aryl methyl sites for hydroxylation is 1. The molecule has 0 fully saturated rings. The van der Waals surface area contributed by atoms with E-state index in [2.05, 4.69) is 13.1 Å². The number of carbonyl (C=O) groups is 2. The lowest BCUT2D eigenvalue weighted by molar-refractivity contribution is 0.0697. The van der Waals surface area contributed by atoms with Crippen LogP contribution < -0.4 is 4.90 Å². The average molecular weight is 284 g/mol. The minimum atomic E-state index is -1.10. The topological polar surface area (TPSA) is 96.3 Å². The molecule has 2 rings (SSSR count). The molecule has 0 spiro atoms. The van der Waals surface area contributed by atoms with Crippen molar-refractivity contribution < 1.29 is 14.7 Å². The van der Waals surface area contributed by atoms with Crippen LogP contribution in [-0.4, -0.2) is 37.2 Å². The summed E-state index contributed by atoms with van der Waals surface area (Å²) in [5, 5.41) is 9.39. The Morgan fingerprint density at radius 1 is 1.39 bits per heavy atom. The summed E-state index contributed by atoms with van der Waals surface area (Å²) in [6.07, 6.45) is 1.35. The zero-order valence-electron chi connectivity index (χ0n) is 9.45. The Balaban J connectivity index is 2.38. The van der Waals surface area contributed by atoms with E-state index in [1.165, 1.54) is 18.1 Å². The van der Waals surface area contributed by atoms with Crippen LogP contribution in [0.4, 0.5) is 5.00 Å². The first kappa shape index (κ1) is 12.6. The van der Waals surface area contributed by atoms with Crippen LogP contribution in [0.15, 0.2) is 6.20 Å². The quantitative estimate of drug-likeness (QED) is 0.912. The molecule has 2 aromatic heterocycles. The first-order valence-electron chi connectivity index (χ1n) is 4.77. The van der Waals surface area contributed by atoms with Crippen molar-refractivity contribution in [2.45, 2.75) is 6.92 Å². The fourth-order valence-corrected chi connectivity index (χ4v) is 2.61. The van der Waals surface area contributed by atoms with Crippen LogP contribution >= 0.6 is 23.3 Å². The van der Waals surface area contributed by atoms with E-state index in [1.54, 1.807) is 6.92 Å². The second-order valence-corrected chi connectivity index (χ2v) is 4.72. The smallest absolute Gasteiger partial charge is 0.340 e. The van der Waals surface area contributed by atoms with Crippen molar-refractivity contribution in [2.75, 3.05) is 11.9 Å². The van der Waals surface area contributed by atoms with Gasteiger partial charge in [0.05, 0.1) is 23.6 Å². The minimum Gasteiger partial charge on any atom is -0.478 e. The lowest BCUT2D eigenvalue weighted by Gasteiger charge is -2.13. The molecule has 0 unspecified atom stereocenters. The third-order valence-electron chi connectivity index (χ3n) is 2.25. The highest BCUT2D eigenvalue weighted by molar-refractivity contribution is 7.11. The summed E-state index contributed by atoms with van der Waals surface area (Å²) in [5.74, 6) is -1.51. The Labute approximate surface area is 110 Å². The lowest BCUT2D eigenvalue weighted by atomic mass is 10.2. The second-order valence-electron chi connectivity index (χ2n) is 3.41. The van der Waals surface area contributed by atoms with Crippen LogP contribution in [0.25, 0.3) is 0 Å². The van der Waals surface area contributed by atoms with Gasteiger partial charge in [-0.2, -0.15) is 13.1 Å². The van der Waals surface area contributed by atoms with Crippen LogP contribution in [0.2, 0.25) is 0 Å². The van der Waals surface area contributed by atoms with Gasteiger partial charge in [0, 0.05) is 7.05 Å². The molecule has 0 aliphatic rings. The maximum absolute atomic E-state index is 12.0. The van der Waals surface area contributed by atoms with E-state index >= 15 is 0 Å². The number of hydrogen-bond acceptors (Lipinski definition) is 7. The van der Waals surface area contributed by atoms with Crippen molar-refractivity contribution in [3.63, 3.8) is 0 Å². The molecule has 7 nitrogen and oxygen atoms in total. The Morgan fingerprint density at radius 2 is 2.11 bits per heavy atom. The molecule has 0 aliphatic heterocycles. The van der Waals surface area contributed by atoms with Gasteiger partial charge in [-0.05, 0) is 18.5 Å². The largest absolute Gasteiger partial charge is 0.478 e. The van der Waals surface area contributed by atoms with Crippen LogP contribution in [0.1, 0.15) is 26.5 Å². The maximum Gasteiger partial charge on any atom is 0.340 e. The summed E-state index contributed by atoms with van der Waals surface area (Å²) in [6.45, 7) is 1.59. The molecule has 1 amide bonds. The highest BCUT2D eigenvalue weighted by Crippen LogP contribution is 2.28. The molecule has 2 aromatic rings. The standard InChI is InChI=1S/C9H8N4O3S2/c1-4-6(9(15)16)8(17-11-4)13(2)7(14)5-3-10-18-12-5/h3H,1-2H3,(H,15,16). The van der Waals surface area contributed by atoms with E-state index in [0.717, 1.165) is 23.3 Å². The molecule has 1 N–H and O–H groups in total. The molecule has 9 heteroatoms. The molecule has 0 bridgehead atoms. The van der Waals surface area contributed by atoms with Gasteiger partial charge < -0.3 is 5.11 Å². The van der Waals surface area contributed by atoms with E-state index in [0.29, 0.717) is 5.69 Å². The summed E-state index contributed by atoms with van der Waals surface area (Å²) in [4.78, 5) is 24.4. The Kier molecular flexibility index (Phi) is 3.34. The Bertz CT molecular complexity index is 593. The number of aromatic carboxylic acids is 1. The van der Waals surface area contributed by atoms with E-state index in [-0.39, 0.29) is 16.3 Å². The lowest BCUT2D eigenvalue weighted by Crippen LogP contribution is -2.27. The second kappa shape index (κ2) is 4.78. The third kappa shape index (κ3) is 2.09.